The van der Waals surface area contributed by atoms with Gasteiger partial charge >= 0.3 is 0 Å². The number of hydrogen-bond acceptors (Lipinski definition) is 6. The summed E-state index contributed by atoms with van der Waals surface area (Å²) in [7, 11) is 1.67. The standard InChI is InChI=1S/C32H31N3O2S/c1-31(27(36)16-28-35-21(18-38-28)15-20-10-12-22(37-3)13-11-20)17-26-23-7-4-5-8-24(23)29(26)25-9-6-14-34-30(25)32(31,2)19-33/h4-14,18,26,28-29,35H,15-17H2,1-3H3/t26-,28?,29?,31?,32?/m1/s1. The first-order valence-electron chi connectivity index (χ1n) is 13.1. The number of allylic oxidation sites excluding steroid dienone is 1. The number of pyridine rings is 1. The van der Waals surface area contributed by atoms with Crippen LogP contribution in [0.25, 0.3) is 0 Å². The molecule has 0 amide bonds. The van der Waals surface area contributed by atoms with Crippen LogP contribution >= 0.6 is 11.8 Å². The highest BCUT2D eigenvalue weighted by Crippen LogP contribution is 2.62. The van der Waals surface area contributed by atoms with Gasteiger partial charge in [-0.05, 0) is 65.1 Å². The average Bonchev–Trinajstić information content (AvgIpc) is 3.35. The molecule has 0 saturated heterocycles. The fourth-order valence-corrected chi connectivity index (χ4v) is 7.54. The summed E-state index contributed by atoms with van der Waals surface area (Å²) >= 11 is 1.65. The minimum atomic E-state index is -1.03. The lowest BCUT2D eigenvalue weighted by Crippen LogP contribution is -2.48. The fraction of sp³-hybridized carbons (Fsp3) is 0.344. The van der Waals surface area contributed by atoms with E-state index in [4.69, 9.17) is 9.72 Å². The van der Waals surface area contributed by atoms with Crippen LogP contribution < -0.4 is 10.1 Å². The normalized spacial score (nSPS) is 28.8. The number of fused-ring (bicyclic) bond motifs is 6. The summed E-state index contributed by atoms with van der Waals surface area (Å²) in [5, 5.41) is 16.3. The molecular weight excluding hydrogens is 490 g/mol. The Morgan fingerprint density at radius 1 is 1.11 bits per heavy atom. The predicted octanol–water partition coefficient (Wildman–Crippen LogP) is 6.22. The summed E-state index contributed by atoms with van der Waals surface area (Å²) < 4.78 is 5.26. The number of methoxy groups -OCH3 is 1. The zero-order valence-corrected chi connectivity index (χ0v) is 22.7. The number of benzene rings is 2. The molecule has 0 bridgehead atoms. The van der Waals surface area contributed by atoms with Crippen LogP contribution in [0.2, 0.25) is 0 Å². The van der Waals surface area contributed by atoms with Crippen molar-refractivity contribution in [2.75, 3.05) is 7.11 Å². The van der Waals surface area contributed by atoms with Crippen LogP contribution in [-0.4, -0.2) is 23.3 Å². The van der Waals surface area contributed by atoms with Crippen molar-refractivity contribution < 1.29 is 9.53 Å². The molecule has 1 aliphatic heterocycles. The van der Waals surface area contributed by atoms with E-state index in [-0.39, 0.29) is 23.0 Å². The second-order valence-electron chi connectivity index (χ2n) is 11.0. The zero-order valence-electron chi connectivity index (χ0n) is 21.9. The van der Waals surface area contributed by atoms with Gasteiger partial charge in [0.1, 0.15) is 16.9 Å². The van der Waals surface area contributed by atoms with E-state index in [1.165, 1.54) is 16.7 Å². The number of Topliss-reactive ketones (excluding diaryl/α,β-unsaturated/α-hetero) is 1. The van der Waals surface area contributed by atoms with Gasteiger partial charge in [-0.3, -0.25) is 9.78 Å². The van der Waals surface area contributed by atoms with E-state index in [0.29, 0.717) is 12.8 Å². The molecule has 4 unspecified atom stereocenters. The Balaban J connectivity index is 1.26. The largest absolute Gasteiger partial charge is 0.497 e. The van der Waals surface area contributed by atoms with Crippen molar-refractivity contribution in [3.05, 3.63) is 106 Å². The van der Waals surface area contributed by atoms with E-state index in [1.54, 1.807) is 25.1 Å². The SMILES string of the molecule is COc1ccc(CC2=CSC(CC(=O)C3(C)C[C@@H]4c5ccccc5C4c4cccnc4C3(C)C#N)N2)cc1. The van der Waals surface area contributed by atoms with E-state index in [9.17, 15) is 10.1 Å². The molecule has 6 rings (SSSR count). The van der Waals surface area contributed by atoms with Crippen LogP contribution in [0, 0.1) is 16.7 Å². The predicted molar refractivity (Wildman–Crippen MR) is 150 cm³/mol. The zero-order chi connectivity index (χ0) is 26.5. The van der Waals surface area contributed by atoms with Gasteiger partial charge in [-0.1, -0.05) is 49.4 Å². The van der Waals surface area contributed by atoms with E-state index in [2.05, 4.69) is 59.3 Å². The van der Waals surface area contributed by atoms with Crippen molar-refractivity contribution in [3.63, 3.8) is 0 Å². The van der Waals surface area contributed by atoms with E-state index in [1.807, 2.05) is 32.0 Å². The highest BCUT2D eigenvalue weighted by atomic mass is 32.2. The first-order chi connectivity index (χ1) is 18.4. The highest BCUT2D eigenvalue weighted by molar-refractivity contribution is 8.03. The van der Waals surface area contributed by atoms with Crippen molar-refractivity contribution in [3.8, 4) is 11.8 Å². The van der Waals surface area contributed by atoms with Gasteiger partial charge in [0, 0.05) is 30.7 Å². The molecule has 6 heteroatoms. The summed E-state index contributed by atoms with van der Waals surface area (Å²) in [5.41, 5.74) is 4.82. The lowest BCUT2D eigenvalue weighted by Gasteiger charge is -2.44. The third kappa shape index (κ3) is 3.75. The van der Waals surface area contributed by atoms with Crippen molar-refractivity contribution >= 4 is 17.5 Å². The summed E-state index contributed by atoms with van der Waals surface area (Å²) in [6, 6.07) is 23.2. The third-order valence-corrected chi connectivity index (χ3v) is 10.0. The third-order valence-electron chi connectivity index (χ3n) is 9.00. The van der Waals surface area contributed by atoms with Gasteiger partial charge < -0.3 is 10.1 Å². The van der Waals surface area contributed by atoms with Gasteiger partial charge in [-0.25, -0.2) is 0 Å². The highest BCUT2D eigenvalue weighted by Gasteiger charge is 2.59. The molecule has 0 saturated carbocycles. The molecule has 1 N–H and O–H groups in total. The van der Waals surface area contributed by atoms with Crippen LogP contribution in [0.5, 0.6) is 5.75 Å². The molecule has 1 aromatic heterocycles. The molecule has 3 aliphatic rings. The molecule has 5 atom stereocenters. The molecule has 5 nitrogen and oxygen atoms in total. The number of carbonyl (C=O) groups excluding carboxylic acids is 1. The number of rotatable bonds is 6. The minimum absolute atomic E-state index is 0.0496. The fourth-order valence-electron chi connectivity index (χ4n) is 6.59. The Kier molecular flexibility index (Phi) is 6.07. The molecular formula is C32H31N3O2S. The van der Waals surface area contributed by atoms with E-state index >= 15 is 0 Å². The van der Waals surface area contributed by atoms with Crippen molar-refractivity contribution in [2.24, 2.45) is 5.41 Å². The molecule has 2 aliphatic carbocycles. The second-order valence-corrected chi connectivity index (χ2v) is 12.1. The number of hydrogen-bond donors (Lipinski definition) is 1. The Morgan fingerprint density at radius 3 is 2.58 bits per heavy atom. The molecule has 0 spiro atoms. The quantitative estimate of drug-likeness (QED) is 0.415. The molecule has 38 heavy (non-hydrogen) atoms. The lowest BCUT2D eigenvalue weighted by atomic mass is 9.57. The monoisotopic (exact) mass is 521 g/mol. The maximum absolute atomic E-state index is 14.3. The number of nitrogens with one attached hydrogen (secondary N) is 1. The number of nitriles is 1. The lowest BCUT2D eigenvalue weighted by molar-refractivity contribution is -0.131. The van der Waals surface area contributed by atoms with E-state index < -0.39 is 10.8 Å². The van der Waals surface area contributed by atoms with Gasteiger partial charge in [0.05, 0.1) is 29.7 Å². The van der Waals surface area contributed by atoms with Crippen molar-refractivity contribution in [2.45, 2.75) is 55.7 Å². The number of carbonyl (C=O) groups is 1. The van der Waals surface area contributed by atoms with Crippen LogP contribution in [-0.2, 0) is 16.6 Å². The summed E-state index contributed by atoms with van der Waals surface area (Å²) in [4.78, 5) is 19.0. The maximum Gasteiger partial charge on any atom is 0.143 e. The number of ketones is 1. The average molecular weight is 522 g/mol. The maximum atomic E-state index is 14.3. The van der Waals surface area contributed by atoms with Gasteiger partial charge in [-0.15, -0.1) is 11.8 Å². The number of thioether (sulfide) groups is 1. The molecule has 2 aromatic carbocycles. The van der Waals surface area contributed by atoms with Gasteiger partial charge in [0.2, 0.25) is 0 Å². The van der Waals surface area contributed by atoms with Gasteiger partial charge in [-0.2, -0.15) is 5.26 Å². The number of ether oxygens (including phenoxy) is 1. The van der Waals surface area contributed by atoms with Crippen LogP contribution in [0.3, 0.4) is 0 Å². The van der Waals surface area contributed by atoms with Crippen LogP contribution in [0.4, 0.5) is 0 Å². The Bertz CT molecular complexity index is 1480. The van der Waals surface area contributed by atoms with Gasteiger partial charge in [0.25, 0.3) is 0 Å². The van der Waals surface area contributed by atoms with Crippen LogP contribution in [0.15, 0.2) is 78.0 Å². The summed E-state index contributed by atoms with van der Waals surface area (Å²) in [6.07, 6.45) is 3.51. The molecule has 0 fully saturated rings. The first-order valence-corrected chi connectivity index (χ1v) is 14.0. The molecule has 3 aromatic rings. The topological polar surface area (TPSA) is 75.0 Å². The Labute approximate surface area is 228 Å². The first kappa shape index (κ1) is 24.8. The van der Waals surface area contributed by atoms with Crippen molar-refractivity contribution in [1.29, 1.82) is 5.26 Å². The van der Waals surface area contributed by atoms with Gasteiger partial charge in [0.15, 0.2) is 0 Å². The van der Waals surface area contributed by atoms with Crippen LogP contribution in [0.1, 0.15) is 66.5 Å². The van der Waals surface area contributed by atoms with E-state index in [0.717, 1.165) is 29.1 Å². The molecule has 0 radical (unpaired) electrons. The smallest absolute Gasteiger partial charge is 0.143 e. The van der Waals surface area contributed by atoms with Crippen molar-refractivity contribution in [1.82, 2.24) is 10.3 Å². The molecule has 192 valence electrons. The molecule has 2 heterocycles. The Hall–Kier alpha value is -3.56. The number of nitrogens with zero attached hydrogens (tertiary/aromatic N) is 2. The minimum Gasteiger partial charge on any atom is -0.497 e. The Morgan fingerprint density at radius 2 is 1.84 bits per heavy atom. The summed E-state index contributed by atoms with van der Waals surface area (Å²) in [6.45, 7) is 3.93. The second kappa shape index (κ2) is 9.32. The number of aromatic nitrogens is 1. The summed E-state index contributed by atoms with van der Waals surface area (Å²) in [5.74, 6) is 1.33.